The predicted molar refractivity (Wildman–Crippen MR) is 89.3 cm³/mol. The minimum absolute atomic E-state index is 0.254. The Morgan fingerprint density at radius 2 is 2.00 bits per heavy atom. The van der Waals surface area contributed by atoms with E-state index in [1.807, 2.05) is 13.0 Å². The Hall–Kier alpha value is -1.61. The van der Waals surface area contributed by atoms with E-state index >= 15 is 0 Å². The molecule has 3 heteroatoms. The van der Waals surface area contributed by atoms with Gasteiger partial charge in [0.05, 0.1) is 18.6 Å². The standard InChI is InChI=1S/C20H24O3/c1-19-8-9-20(2,22)17(18(19)21)11-15-14-6-5-13(23-3)10-12(14)4-7-16(15)19/h5-6,10,17,22H,4,7-9,11H2,1-3H3. The Balaban J connectivity index is 1.88. The molecule has 0 spiro atoms. The number of ether oxygens (including phenoxy) is 1. The molecular weight excluding hydrogens is 288 g/mol. The average molecular weight is 312 g/mol. The molecule has 2 bridgehead atoms. The zero-order chi connectivity index (χ0) is 16.4. The molecule has 0 aromatic heterocycles. The van der Waals surface area contributed by atoms with Crippen LogP contribution in [0.5, 0.6) is 5.75 Å². The Labute approximate surface area is 137 Å². The number of benzene rings is 1. The van der Waals surface area contributed by atoms with Gasteiger partial charge in [-0.2, -0.15) is 0 Å². The summed E-state index contributed by atoms with van der Waals surface area (Å²) in [7, 11) is 1.69. The van der Waals surface area contributed by atoms with E-state index in [1.54, 1.807) is 7.11 Å². The van der Waals surface area contributed by atoms with Crippen molar-refractivity contribution in [2.24, 2.45) is 11.3 Å². The number of fused-ring (bicyclic) bond motifs is 5. The van der Waals surface area contributed by atoms with Gasteiger partial charge in [-0.05, 0) is 74.8 Å². The van der Waals surface area contributed by atoms with Crippen LogP contribution in [0, 0.1) is 11.3 Å². The molecule has 3 nitrogen and oxygen atoms in total. The van der Waals surface area contributed by atoms with Crippen molar-refractivity contribution in [2.75, 3.05) is 7.11 Å². The molecule has 122 valence electrons. The summed E-state index contributed by atoms with van der Waals surface area (Å²) in [4.78, 5) is 13.0. The van der Waals surface area contributed by atoms with Crippen molar-refractivity contribution in [2.45, 2.75) is 51.6 Å². The minimum Gasteiger partial charge on any atom is -0.497 e. The largest absolute Gasteiger partial charge is 0.497 e. The summed E-state index contributed by atoms with van der Waals surface area (Å²) in [6, 6.07) is 6.25. The maximum Gasteiger partial charge on any atom is 0.149 e. The van der Waals surface area contributed by atoms with E-state index < -0.39 is 5.60 Å². The van der Waals surface area contributed by atoms with Gasteiger partial charge in [-0.1, -0.05) is 11.6 Å². The first-order chi connectivity index (χ1) is 10.9. The first kappa shape index (κ1) is 14.9. The summed E-state index contributed by atoms with van der Waals surface area (Å²) in [6.07, 6.45) is 4.07. The third-order valence-electron chi connectivity index (χ3n) is 6.46. The van der Waals surface area contributed by atoms with Crippen LogP contribution in [-0.4, -0.2) is 23.6 Å². The number of hydrogen-bond donors (Lipinski definition) is 1. The van der Waals surface area contributed by atoms with Gasteiger partial charge >= 0.3 is 0 Å². The highest BCUT2D eigenvalue weighted by Crippen LogP contribution is 2.57. The number of carbonyl (C=O) groups excluding carboxylic acids is 1. The molecule has 1 N–H and O–H groups in total. The van der Waals surface area contributed by atoms with Crippen LogP contribution in [0.25, 0.3) is 5.57 Å². The van der Waals surface area contributed by atoms with Gasteiger partial charge in [-0.25, -0.2) is 0 Å². The third-order valence-corrected chi connectivity index (χ3v) is 6.46. The van der Waals surface area contributed by atoms with Gasteiger partial charge in [0, 0.05) is 5.41 Å². The smallest absolute Gasteiger partial charge is 0.149 e. The molecular formula is C20H24O3. The van der Waals surface area contributed by atoms with Crippen LogP contribution in [0.4, 0.5) is 0 Å². The van der Waals surface area contributed by atoms with Gasteiger partial charge < -0.3 is 9.84 Å². The van der Waals surface area contributed by atoms with Crippen LogP contribution in [0.15, 0.2) is 23.8 Å². The van der Waals surface area contributed by atoms with Crippen molar-refractivity contribution in [3.8, 4) is 5.75 Å². The van der Waals surface area contributed by atoms with Crippen LogP contribution in [0.3, 0.4) is 0 Å². The minimum atomic E-state index is -0.876. The van der Waals surface area contributed by atoms with Crippen LogP contribution >= 0.6 is 0 Å². The van der Waals surface area contributed by atoms with E-state index in [0.29, 0.717) is 12.8 Å². The Bertz CT molecular complexity index is 728. The molecule has 3 aliphatic carbocycles. The number of methoxy groups -OCH3 is 1. The summed E-state index contributed by atoms with van der Waals surface area (Å²) in [5.41, 5.74) is 3.94. The lowest BCUT2D eigenvalue weighted by atomic mass is 9.53. The average Bonchev–Trinajstić information content (AvgIpc) is 2.54. The van der Waals surface area contributed by atoms with E-state index in [1.165, 1.54) is 22.3 Å². The number of Topliss-reactive ketones (excluding diaryl/α,β-unsaturated/α-hetero) is 1. The van der Waals surface area contributed by atoms with Gasteiger partial charge in [-0.3, -0.25) is 4.79 Å². The van der Waals surface area contributed by atoms with E-state index in [-0.39, 0.29) is 17.1 Å². The molecule has 0 heterocycles. The zero-order valence-corrected chi connectivity index (χ0v) is 14.1. The lowest BCUT2D eigenvalue weighted by Gasteiger charge is -2.51. The number of allylic oxidation sites excluding steroid dienone is 2. The maximum absolute atomic E-state index is 13.0. The predicted octanol–water partition coefficient (Wildman–Crippen LogP) is 3.54. The van der Waals surface area contributed by atoms with Crippen molar-refractivity contribution < 1.29 is 14.6 Å². The Kier molecular flexibility index (Phi) is 3.05. The maximum atomic E-state index is 13.0. The van der Waals surface area contributed by atoms with Crippen LogP contribution in [0.2, 0.25) is 0 Å². The van der Waals surface area contributed by atoms with Gasteiger partial charge in [0.2, 0.25) is 0 Å². The molecule has 3 atom stereocenters. The SMILES string of the molecule is COc1ccc2c(c1)CCC1=C2CC2C(=O)C1(C)CCC2(C)O. The van der Waals surface area contributed by atoms with Crippen molar-refractivity contribution in [1.82, 2.24) is 0 Å². The number of aryl methyl sites for hydroxylation is 1. The third kappa shape index (κ3) is 1.96. The Morgan fingerprint density at radius 3 is 2.74 bits per heavy atom. The molecule has 3 unspecified atom stereocenters. The molecule has 4 rings (SSSR count). The van der Waals surface area contributed by atoms with Crippen molar-refractivity contribution in [3.63, 3.8) is 0 Å². The van der Waals surface area contributed by atoms with E-state index in [0.717, 1.165) is 25.0 Å². The highest BCUT2D eigenvalue weighted by Gasteiger charge is 2.56. The quantitative estimate of drug-likeness (QED) is 0.863. The highest BCUT2D eigenvalue weighted by molar-refractivity contribution is 5.98. The number of hydrogen-bond acceptors (Lipinski definition) is 3. The number of ketones is 1. The highest BCUT2D eigenvalue weighted by atomic mass is 16.5. The van der Waals surface area contributed by atoms with Gasteiger partial charge in [0.15, 0.2) is 0 Å². The fraction of sp³-hybridized carbons (Fsp3) is 0.550. The topological polar surface area (TPSA) is 46.5 Å². The Morgan fingerprint density at radius 1 is 1.22 bits per heavy atom. The lowest BCUT2D eigenvalue weighted by molar-refractivity contribution is -0.148. The molecule has 0 saturated heterocycles. The normalized spacial score (nSPS) is 35.7. The van der Waals surface area contributed by atoms with Gasteiger partial charge in [0.25, 0.3) is 0 Å². The summed E-state index contributed by atoms with van der Waals surface area (Å²) < 4.78 is 5.35. The number of aliphatic hydroxyl groups is 1. The molecule has 0 radical (unpaired) electrons. The number of carbonyl (C=O) groups is 1. The molecule has 23 heavy (non-hydrogen) atoms. The molecule has 1 aromatic carbocycles. The molecule has 0 aliphatic heterocycles. The van der Waals surface area contributed by atoms with E-state index in [9.17, 15) is 9.90 Å². The van der Waals surface area contributed by atoms with Crippen molar-refractivity contribution in [1.29, 1.82) is 0 Å². The monoisotopic (exact) mass is 312 g/mol. The van der Waals surface area contributed by atoms with Gasteiger partial charge in [-0.15, -0.1) is 0 Å². The summed E-state index contributed by atoms with van der Waals surface area (Å²) >= 11 is 0. The summed E-state index contributed by atoms with van der Waals surface area (Å²) in [6.45, 7) is 3.93. The second-order valence-corrected chi connectivity index (χ2v) is 7.79. The summed E-state index contributed by atoms with van der Waals surface area (Å²) in [5, 5.41) is 10.7. The first-order valence-electron chi connectivity index (χ1n) is 8.53. The second kappa shape index (κ2) is 4.70. The molecule has 0 amide bonds. The molecule has 1 saturated carbocycles. The second-order valence-electron chi connectivity index (χ2n) is 7.79. The van der Waals surface area contributed by atoms with Gasteiger partial charge in [0.1, 0.15) is 11.5 Å². The fourth-order valence-corrected chi connectivity index (χ4v) is 4.90. The fourth-order valence-electron chi connectivity index (χ4n) is 4.90. The van der Waals surface area contributed by atoms with Crippen LogP contribution in [0.1, 0.15) is 50.7 Å². The first-order valence-corrected chi connectivity index (χ1v) is 8.53. The number of rotatable bonds is 1. The molecule has 1 fully saturated rings. The van der Waals surface area contributed by atoms with Crippen LogP contribution < -0.4 is 4.74 Å². The van der Waals surface area contributed by atoms with Crippen molar-refractivity contribution >= 4 is 11.4 Å². The van der Waals surface area contributed by atoms with Crippen LogP contribution in [-0.2, 0) is 11.2 Å². The zero-order valence-electron chi connectivity index (χ0n) is 14.1. The van der Waals surface area contributed by atoms with Crippen molar-refractivity contribution in [3.05, 3.63) is 34.9 Å². The van der Waals surface area contributed by atoms with E-state index in [2.05, 4.69) is 19.1 Å². The summed E-state index contributed by atoms with van der Waals surface area (Å²) in [5.74, 6) is 0.871. The molecule has 1 aromatic rings. The lowest BCUT2D eigenvalue weighted by Crippen LogP contribution is -2.54. The van der Waals surface area contributed by atoms with E-state index in [4.69, 9.17) is 4.74 Å². The molecule has 3 aliphatic rings.